The molecule has 2 aromatic rings. The maximum Gasteiger partial charge on any atom is 0.0715 e. The van der Waals surface area contributed by atoms with Crippen molar-refractivity contribution in [2.75, 3.05) is 5.32 Å². The molecule has 0 saturated carbocycles. The van der Waals surface area contributed by atoms with Gasteiger partial charge in [-0.05, 0) is 53.3 Å². The van der Waals surface area contributed by atoms with E-state index in [1.54, 1.807) is 24.3 Å². The Labute approximate surface area is 149 Å². The molecule has 0 spiro atoms. The van der Waals surface area contributed by atoms with Crippen molar-refractivity contribution in [3.05, 3.63) is 75.3 Å². The molecule has 0 fully saturated rings. The van der Waals surface area contributed by atoms with Gasteiger partial charge in [0.25, 0.3) is 0 Å². The number of allylic oxidation sites excluding steroid dienone is 2. The molecule has 2 aliphatic rings. The summed E-state index contributed by atoms with van der Waals surface area (Å²) in [5.74, 6) is -0.704. The Bertz CT molecular complexity index is 862. The lowest BCUT2D eigenvalue weighted by Gasteiger charge is -2.38. The highest BCUT2D eigenvalue weighted by Crippen LogP contribution is 2.51. The molecule has 1 aliphatic heterocycles. The molecular weight excluding hydrogens is 345 g/mol. The summed E-state index contributed by atoms with van der Waals surface area (Å²) >= 11 is 12.4. The third kappa shape index (κ3) is 2.48. The minimum absolute atomic E-state index is 0.0519. The fourth-order valence-electron chi connectivity index (χ4n) is 3.78. The number of rotatable bonds is 2. The lowest BCUT2D eigenvalue weighted by atomic mass is 9.76. The molecule has 1 heterocycles. The molecule has 0 unspecified atom stereocenters. The molecular formula is C19H14Cl2NO2-. The molecule has 3 nitrogen and oxygen atoms in total. The van der Waals surface area contributed by atoms with Gasteiger partial charge in [-0.2, -0.15) is 0 Å². The molecule has 0 radical (unpaired) electrons. The van der Waals surface area contributed by atoms with Crippen LogP contribution in [0.5, 0.6) is 0 Å². The quantitative estimate of drug-likeness (QED) is 0.819. The molecule has 5 heteroatoms. The van der Waals surface area contributed by atoms with Gasteiger partial charge in [0, 0.05) is 21.7 Å². The minimum atomic E-state index is -1.15. The maximum atomic E-state index is 11.2. The second-order valence-corrected chi connectivity index (χ2v) is 7.07. The van der Waals surface area contributed by atoms with E-state index in [0.717, 1.165) is 23.2 Å². The highest BCUT2D eigenvalue weighted by molar-refractivity contribution is 6.35. The molecule has 0 amide bonds. The average molecular weight is 359 g/mol. The summed E-state index contributed by atoms with van der Waals surface area (Å²) in [4.78, 5) is 11.2. The smallest absolute Gasteiger partial charge is 0.0715 e. The van der Waals surface area contributed by atoms with Crippen LogP contribution < -0.4 is 10.4 Å². The molecule has 3 atom stereocenters. The number of halogens is 2. The predicted molar refractivity (Wildman–Crippen MR) is 93.6 cm³/mol. The summed E-state index contributed by atoms with van der Waals surface area (Å²) in [6, 6.07) is 10.7. The topological polar surface area (TPSA) is 52.2 Å². The fraction of sp³-hybridized carbons (Fsp3) is 0.211. The number of nitrogens with one attached hydrogen (secondary N) is 1. The third-order valence-electron chi connectivity index (χ3n) is 4.90. The maximum absolute atomic E-state index is 11.2. The predicted octanol–water partition coefficient (Wildman–Crippen LogP) is 4.18. The lowest BCUT2D eigenvalue weighted by Crippen LogP contribution is -2.30. The van der Waals surface area contributed by atoms with Crippen molar-refractivity contribution in [3.63, 3.8) is 0 Å². The van der Waals surface area contributed by atoms with Crippen molar-refractivity contribution in [1.82, 2.24) is 0 Å². The lowest BCUT2D eigenvalue weighted by molar-refractivity contribution is -0.255. The average Bonchev–Trinajstić information content (AvgIpc) is 3.04. The van der Waals surface area contributed by atoms with Crippen molar-refractivity contribution < 1.29 is 9.90 Å². The first kappa shape index (κ1) is 15.6. The summed E-state index contributed by atoms with van der Waals surface area (Å²) in [5, 5.41) is 15.9. The van der Waals surface area contributed by atoms with Crippen LogP contribution in [0.25, 0.3) is 0 Å². The number of anilines is 1. The van der Waals surface area contributed by atoms with Crippen molar-refractivity contribution >= 4 is 34.9 Å². The molecule has 0 saturated heterocycles. The van der Waals surface area contributed by atoms with Crippen LogP contribution in [0.2, 0.25) is 10.0 Å². The Morgan fingerprint density at radius 2 is 1.96 bits per heavy atom. The van der Waals surface area contributed by atoms with Crippen molar-refractivity contribution in [2.45, 2.75) is 18.4 Å². The Balaban J connectivity index is 1.79. The number of carboxylic acid groups (broad SMARTS) is 1. The van der Waals surface area contributed by atoms with Gasteiger partial charge in [-0.3, -0.25) is 0 Å². The van der Waals surface area contributed by atoms with E-state index in [-0.39, 0.29) is 23.4 Å². The van der Waals surface area contributed by atoms with E-state index in [9.17, 15) is 9.90 Å². The number of carboxylic acids is 1. The Kier molecular flexibility index (Phi) is 3.78. The zero-order chi connectivity index (χ0) is 16.8. The molecule has 1 aliphatic carbocycles. The molecule has 1 N–H and O–H groups in total. The Hall–Kier alpha value is -1.97. The monoisotopic (exact) mass is 358 g/mol. The summed E-state index contributed by atoms with van der Waals surface area (Å²) < 4.78 is 0. The van der Waals surface area contributed by atoms with Crippen molar-refractivity contribution in [3.8, 4) is 0 Å². The third-order valence-corrected chi connectivity index (χ3v) is 5.46. The van der Waals surface area contributed by atoms with E-state index >= 15 is 0 Å². The largest absolute Gasteiger partial charge is 0.545 e. The Morgan fingerprint density at radius 3 is 2.71 bits per heavy atom. The van der Waals surface area contributed by atoms with Crippen LogP contribution in [-0.2, 0) is 0 Å². The van der Waals surface area contributed by atoms with Gasteiger partial charge in [-0.1, -0.05) is 47.5 Å². The normalized spacial score (nSPS) is 24.2. The van der Waals surface area contributed by atoms with Gasteiger partial charge in [-0.15, -0.1) is 0 Å². The zero-order valence-electron chi connectivity index (χ0n) is 12.6. The number of carbonyl (C=O) groups excluding carboxylic acids is 1. The van der Waals surface area contributed by atoms with Crippen LogP contribution in [0.3, 0.4) is 0 Å². The SMILES string of the molecule is O=C([O-])c1ccc2c(c1)[C@@H]1C=CC[C@@H]1[C@H](c1ccc(Cl)cc1Cl)N2. The van der Waals surface area contributed by atoms with Crippen LogP contribution in [0.1, 0.15) is 39.9 Å². The number of aromatic carboxylic acids is 1. The first-order valence-electron chi connectivity index (χ1n) is 7.78. The summed E-state index contributed by atoms with van der Waals surface area (Å²) in [6.07, 6.45) is 5.21. The fourth-order valence-corrected chi connectivity index (χ4v) is 4.31. The van der Waals surface area contributed by atoms with Crippen LogP contribution in [0, 0.1) is 5.92 Å². The van der Waals surface area contributed by atoms with Gasteiger partial charge in [-0.25, -0.2) is 0 Å². The summed E-state index contributed by atoms with van der Waals surface area (Å²) in [7, 11) is 0. The molecule has 2 aromatic carbocycles. The zero-order valence-corrected chi connectivity index (χ0v) is 14.1. The Morgan fingerprint density at radius 1 is 1.12 bits per heavy atom. The summed E-state index contributed by atoms with van der Waals surface area (Å²) in [6.45, 7) is 0. The van der Waals surface area contributed by atoms with E-state index in [1.807, 2.05) is 12.1 Å². The van der Waals surface area contributed by atoms with Gasteiger partial charge in [0.15, 0.2) is 0 Å². The van der Waals surface area contributed by atoms with Crippen LogP contribution >= 0.6 is 23.2 Å². The van der Waals surface area contributed by atoms with Crippen LogP contribution in [0.4, 0.5) is 5.69 Å². The standard InChI is InChI=1S/C19H15Cl2NO2/c20-11-5-6-14(16(21)9-11)18-13-3-1-2-12(13)15-8-10(19(23)24)4-7-17(15)22-18/h1-2,4-9,12-13,18,22H,3H2,(H,23,24)/p-1/t12-,13+,18-/m1/s1. The first-order valence-corrected chi connectivity index (χ1v) is 8.53. The van der Waals surface area contributed by atoms with Crippen molar-refractivity contribution in [1.29, 1.82) is 0 Å². The van der Waals surface area contributed by atoms with Gasteiger partial charge in [0.1, 0.15) is 0 Å². The van der Waals surface area contributed by atoms with E-state index in [1.165, 1.54) is 0 Å². The second-order valence-electron chi connectivity index (χ2n) is 6.23. The highest BCUT2D eigenvalue weighted by Gasteiger charge is 2.38. The number of carbonyl (C=O) groups is 1. The van der Waals surface area contributed by atoms with Gasteiger partial charge in [0.2, 0.25) is 0 Å². The van der Waals surface area contributed by atoms with Crippen molar-refractivity contribution in [2.24, 2.45) is 5.92 Å². The van der Waals surface area contributed by atoms with E-state index in [0.29, 0.717) is 10.0 Å². The highest BCUT2D eigenvalue weighted by atomic mass is 35.5. The molecule has 0 aromatic heterocycles. The first-order chi connectivity index (χ1) is 11.5. The van der Waals surface area contributed by atoms with Crippen LogP contribution in [0.15, 0.2) is 48.6 Å². The van der Waals surface area contributed by atoms with E-state index in [4.69, 9.17) is 23.2 Å². The van der Waals surface area contributed by atoms with E-state index in [2.05, 4.69) is 17.5 Å². The molecule has 4 rings (SSSR count). The second kappa shape index (κ2) is 5.83. The van der Waals surface area contributed by atoms with Gasteiger partial charge in [0.05, 0.1) is 12.0 Å². The van der Waals surface area contributed by atoms with Gasteiger partial charge < -0.3 is 15.2 Å². The minimum Gasteiger partial charge on any atom is -0.545 e. The molecule has 0 bridgehead atoms. The summed E-state index contributed by atoms with van der Waals surface area (Å²) in [5.41, 5.74) is 3.15. The number of fused-ring (bicyclic) bond motifs is 3. The molecule has 24 heavy (non-hydrogen) atoms. The van der Waals surface area contributed by atoms with Crippen LogP contribution in [-0.4, -0.2) is 5.97 Å². The van der Waals surface area contributed by atoms with Gasteiger partial charge >= 0.3 is 0 Å². The number of benzene rings is 2. The molecule has 122 valence electrons. The number of hydrogen-bond donors (Lipinski definition) is 1. The number of hydrogen-bond acceptors (Lipinski definition) is 3. The van der Waals surface area contributed by atoms with E-state index < -0.39 is 5.97 Å².